The number of aryl methyl sites for hydroxylation is 3. The van der Waals surface area contributed by atoms with Crippen molar-refractivity contribution in [2.24, 2.45) is 0 Å². The summed E-state index contributed by atoms with van der Waals surface area (Å²) in [5, 5.41) is 0. The molecule has 1 aromatic carbocycles. The SMILES string of the molecule is [CH2]CCCCCc1cc(C)cc(C)c1. The summed E-state index contributed by atoms with van der Waals surface area (Å²) in [6.45, 7) is 8.20. The van der Waals surface area contributed by atoms with E-state index in [-0.39, 0.29) is 0 Å². The molecule has 77 valence electrons. The maximum atomic E-state index is 3.86. The molecule has 0 aromatic heterocycles. The van der Waals surface area contributed by atoms with Crippen LogP contribution in [0.5, 0.6) is 0 Å². The van der Waals surface area contributed by atoms with Gasteiger partial charge in [-0.05, 0) is 32.3 Å². The lowest BCUT2D eigenvalue weighted by Gasteiger charge is -2.04. The minimum absolute atomic E-state index is 1.08. The Kier molecular flexibility index (Phi) is 4.72. The zero-order valence-electron chi connectivity index (χ0n) is 9.47. The van der Waals surface area contributed by atoms with Gasteiger partial charge in [-0.3, -0.25) is 0 Å². The highest BCUT2D eigenvalue weighted by atomic mass is 14.0. The number of hydrogen-bond acceptors (Lipinski definition) is 0. The highest BCUT2D eigenvalue weighted by Crippen LogP contribution is 2.12. The van der Waals surface area contributed by atoms with Gasteiger partial charge in [0.15, 0.2) is 0 Å². The first-order chi connectivity index (χ1) is 6.72. The molecule has 0 heteroatoms. The predicted molar refractivity (Wildman–Crippen MR) is 63.4 cm³/mol. The van der Waals surface area contributed by atoms with Crippen LogP contribution in [0.4, 0.5) is 0 Å². The van der Waals surface area contributed by atoms with Crippen molar-refractivity contribution in [2.45, 2.75) is 46.0 Å². The van der Waals surface area contributed by atoms with E-state index in [1.807, 2.05) is 0 Å². The molecule has 0 bridgehead atoms. The zero-order chi connectivity index (χ0) is 10.4. The summed E-state index contributed by atoms with van der Waals surface area (Å²) in [6.07, 6.45) is 6.19. The molecule has 0 spiro atoms. The van der Waals surface area contributed by atoms with Gasteiger partial charge < -0.3 is 0 Å². The van der Waals surface area contributed by atoms with Crippen LogP contribution in [0.2, 0.25) is 0 Å². The fraction of sp³-hybridized carbons (Fsp3) is 0.500. The van der Waals surface area contributed by atoms with Crippen LogP contribution < -0.4 is 0 Å². The van der Waals surface area contributed by atoms with Gasteiger partial charge in [0.05, 0.1) is 0 Å². The molecular formula is C14H21. The van der Waals surface area contributed by atoms with E-state index in [0.29, 0.717) is 0 Å². The number of hydrogen-bond donors (Lipinski definition) is 0. The first-order valence-electron chi connectivity index (χ1n) is 5.59. The van der Waals surface area contributed by atoms with Crippen LogP contribution in [0, 0.1) is 20.8 Å². The standard InChI is InChI=1S/C14H21/c1-4-5-6-7-8-14-10-12(2)9-13(3)11-14/h9-11H,1,4-8H2,2-3H3. The Labute approximate surface area is 88.4 Å². The quantitative estimate of drug-likeness (QED) is 0.608. The van der Waals surface area contributed by atoms with E-state index in [9.17, 15) is 0 Å². The zero-order valence-corrected chi connectivity index (χ0v) is 9.47. The van der Waals surface area contributed by atoms with Crippen molar-refractivity contribution in [1.29, 1.82) is 0 Å². The van der Waals surface area contributed by atoms with Gasteiger partial charge >= 0.3 is 0 Å². The Morgan fingerprint density at radius 1 is 0.929 bits per heavy atom. The molecule has 1 rings (SSSR count). The third-order valence-electron chi connectivity index (χ3n) is 2.50. The normalized spacial score (nSPS) is 10.5. The fourth-order valence-corrected chi connectivity index (χ4v) is 1.90. The third kappa shape index (κ3) is 3.95. The molecule has 0 amide bonds. The predicted octanol–water partition coefficient (Wildman–Crippen LogP) is 4.24. The molecule has 1 aromatic rings. The molecule has 14 heavy (non-hydrogen) atoms. The van der Waals surface area contributed by atoms with Gasteiger partial charge in [0.1, 0.15) is 0 Å². The van der Waals surface area contributed by atoms with Gasteiger partial charge in [0, 0.05) is 0 Å². The van der Waals surface area contributed by atoms with Crippen molar-refractivity contribution >= 4 is 0 Å². The van der Waals surface area contributed by atoms with Crippen molar-refractivity contribution in [2.75, 3.05) is 0 Å². The third-order valence-corrected chi connectivity index (χ3v) is 2.50. The van der Waals surface area contributed by atoms with Gasteiger partial charge in [0.2, 0.25) is 0 Å². The first-order valence-corrected chi connectivity index (χ1v) is 5.59. The van der Waals surface area contributed by atoms with E-state index >= 15 is 0 Å². The molecular weight excluding hydrogens is 168 g/mol. The van der Waals surface area contributed by atoms with Crippen LogP contribution in [0.15, 0.2) is 18.2 Å². The van der Waals surface area contributed by atoms with Crippen molar-refractivity contribution < 1.29 is 0 Å². The fourth-order valence-electron chi connectivity index (χ4n) is 1.90. The molecule has 0 aliphatic rings. The molecule has 0 aliphatic carbocycles. The molecule has 0 saturated heterocycles. The van der Waals surface area contributed by atoms with Gasteiger partial charge in [-0.1, -0.05) is 55.5 Å². The second-order valence-corrected chi connectivity index (χ2v) is 4.16. The Hall–Kier alpha value is -0.780. The van der Waals surface area contributed by atoms with Crippen LogP contribution in [-0.2, 0) is 6.42 Å². The average molecular weight is 189 g/mol. The molecule has 0 aliphatic heterocycles. The van der Waals surface area contributed by atoms with Gasteiger partial charge in [0.25, 0.3) is 0 Å². The molecule has 0 unspecified atom stereocenters. The smallest absolute Gasteiger partial charge is 0.0279 e. The Morgan fingerprint density at radius 3 is 2.14 bits per heavy atom. The van der Waals surface area contributed by atoms with Gasteiger partial charge in [-0.15, -0.1) is 0 Å². The average Bonchev–Trinajstić information content (AvgIpc) is 2.11. The van der Waals surface area contributed by atoms with Crippen LogP contribution in [0.3, 0.4) is 0 Å². The van der Waals surface area contributed by atoms with Crippen molar-refractivity contribution in [3.63, 3.8) is 0 Å². The lowest BCUT2D eigenvalue weighted by atomic mass is 10.0. The van der Waals surface area contributed by atoms with Crippen LogP contribution in [0.25, 0.3) is 0 Å². The molecule has 0 atom stereocenters. The summed E-state index contributed by atoms with van der Waals surface area (Å²) < 4.78 is 0. The molecule has 0 heterocycles. The Morgan fingerprint density at radius 2 is 1.57 bits per heavy atom. The van der Waals surface area contributed by atoms with Crippen molar-refractivity contribution in [1.82, 2.24) is 0 Å². The topological polar surface area (TPSA) is 0 Å². The molecule has 0 fully saturated rings. The summed E-state index contributed by atoms with van der Waals surface area (Å²) >= 11 is 0. The van der Waals surface area contributed by atoms with Crippen LogP contribution in [0.1, 0.15) is 42.4 Å². The minimum atomic E-state index is 1.08. The Balaban J connectivity index is 2.42. The first kappa shape index (κ1) is 11.3. The summed E-state index contributed by atoms with van der Waals surface area (Å²) in [5.41, 5.74) is 4.26. The van der Waals surface area contributed by atoms with Crippen molar-refractivity contribution in [3.8, 4) is 0 Å². The summed E-state index contributed by atoms with van der Waals surface area (Å²) in [5.74, 6) is 0. The lowest BCUT2D eigenvalue weighted by Crippen LogP contribution is -1.88. The lowest BCUT2D eigenvalue weighted by molar-refractivity contribution is 0.685. The maximum Gasteiger partial charge on any atom is -0.0279 e. The van der Waals surface area contributed by atoms with E-state index < -0.39 is 0 Å². The minimum Gasteiger partial charge on any atom is -0.0564 e. The van der Waals surface area contributed by atoms with E-state index in [2.05, 4.69) is 39.0 Å². The van der Waals surface area contributed by atoms with E-state index in [4.69, 9.17) is 0 Å². The van der Waals surface area contributed by atoms with Gasteiger partial charge in [-0.2, -0.15) is 0 Å². The van der Waals surface area contributed by atoms with Crippen molar-refractivity contribution in [3.05, 3.63) is 41.8 Å². The monoisotopic (exact) mass is 189 g/mol. The van der Waals surface area contributed by atoms with Crippen LogP contribution >= 0.6 is 0 Å². The number of rotatable bonds is 5. The number of benzene rings is 1. The summed E-state index contributed by atoms with van der Waals surface area (Å²) in [4.78, 5) is 0. The molecule has 0 nitrogen and oxygen atoms in total. The molecule has 0 saturated carbocycles. The highest BCUT2D eigenvalue weighted by Gasteiger charge is 1.96. The van der Waals surface area contributed by atoms with E-state index in [1.165, 1.54) is 42.4 Å². The summed E-state index contributed by atoms with van der Waals surface area (Å²) in [6, 6.07) is 6.84. The molecule has 1 radical (unpaired) electrons. The summed E-state index contributed by atoms with van der Waals surface area (Å²) in [7, 11) is 0. The largest absolute Gasteiger partial charge is 0.0564 e. The van der Waals surface area contributed by atoms with Crippen LogP contribution in [-0.4, -0.2) is 0 Å². The Bertz CT molecular complexity index is 253. The van der Waals surface area contributed by atoms with E-state index in [1.54, 1.807) is 0 Å². The van der Waals surface area contributed by atoms with E-state index in [0.717, 1.165) is 6.42 Å². The second kappa shape index (κ2) is 5.85. The second-order valence-electron chi connectivity index (χ2n) is 4.16. The molecule has 0 N–H and O–H groups in total. The number of unbranched alkanes of at least 4 members (excludes halogenated alkanes) is 3. The highest BCUT2D eigenvalue weighted by molar-refractivity contribution is 5.28. The van der Waals surface area contributed by atoms with Gasteiger partial charge in [-0.25, -0.2) is 0 Å². The maximum absolute atomic E-state index is 3.86.